The maximum absolute atomic E-state index is 10.8. The molecule has 0 aliphatic heterocycles. The molecular formula is C13H15NO4. The number of carboxylic acid groups (broad SMARTS) is 1. The van der Waals surface area contributed by atoms with E-state index in [1.54, 1.807) is 6.07 Å². The molecule has 0 bridgehead atoms. The molecule has 0 aliphatic carbocycles. The van der Waals surface area contributed by atoms with Gasteiger partial charge in [0.1, 0.15) is 0 Å². The largest absolute Gasteiger partial charge is 0.493 e. The van der Waals surface area contributed by atoms with Crippen LogP contribution in [0.25, 0.3) is 0 Å². The first kappa shape index (κ1) is 13.8. The van der Waals surface area contributed by atoms with Crippen LogP contribution in [0.2, 0.25) is 0 Å². The van der Waals surface area contributed by atoms with Crippen LogP contribution in [0.3, 0.4) is 0 Å². The van der Waals surface area contributed by atoms with E-state index in [4.69, 9.17) is 19.8 Å². The summed E-state index contributed by atoms with van der Waals surface area (Å²) in [4.78, 5) is 10.8. The number of hydrogen-bond acceptors (Lipinski definition) is 4. The lowest BCUT2D eigenvalue weighted by Gasteiger charge is -2.10. The normalized spacial score (nSPS) is 9.56. The molecule has 0 amide bonds. The van der Waals surface area contributed by atoms with Crippen LogP contribution >= 0.6 is 0 Å². The van der Waals surface area contributed by atoms with Crippen molar-refractivity contribution in [3.05, 3.63) is 23.8 Å². The van der Waals surface area contributed by atoms with Crippen molar-refractivity contribution in [2.45, 2.75) is 19.3 Å². The van der Waals surface area contributed by atoms with E-state index in [1.165, 1.54) is 19.2 Å². The Balaban J connectivity index is 2.60. The Labute approximate surface area is 106 Å². The molecule has 0 aliphatic rings. The standard InChI is InChI=1S/C13H15NO4/c1-17-12-9-10(13(15)16)5-6-11(12)18-8-4-2-3-7-14/h5-6,9H,2-4,8H2,1H3,(H,15,16). The van der Waals surface area contributed by atoms with Gasteiger partial charge in [-0.25, -0.2) is 4.79 Å². The number of nitriles is 1. The van der Waals surface area contributed by atoms with E-state index < -0.39 is 5.97 Å². The van der Waals surface area contributed by atoms with Gasteiger partial charge in [0.05, 0.1) is 25.3 Å². The number of rotatable bonds is 7. The van der Waals surface area contributed by atoms with Crippen LogP contribution in [0.5, 0.6) is 11.5 Å². The summed E-state index contributed by atoms with van der Waals surface area (Å²) in [7, 11) is 1.46. The third-order valence-electron chi connectivity index (χ3n) is 2.35. The number of carboxylic acids is 1. The van der Waals surface area contributed by atoms with Crippen molar-refractivity contribution < 1.29 is 19.4 Å². The molecule has 0 heterocycles. The molecule has 0 spiro atoms. The van der Waals surface area contributed by atoms with Crippen LogP contribution in [-0.2, 0) is 0 Å². The Hall–Kier alpha value is -2.22. The molecule has 0 aromatic heterocycles. The van der Waals surface area contributed by atoms with Gasteiger partial charge in [0.15, 0.2) is 11.5 Å². The van der Waals surface area contributed by atoms with Gasteiger partial charge >= 0.3 is 5.97 Å². The predicted molar refractivity (Wildman–Crippen MR) is 64.9 cm³/mol. The quantitative estimate of drug-likeness (QED) is 0.751. The summed E-state index contributed by atoms with van der Waals surface area (Å²) in [5.41, 5.74) is 0.156. The van der Waals surface area contributed by atoms with E-state index in [9.17, 15) is 4.79 Å². The first-order chi connectivity index (χ1) is 8.69. The van der Waals surface area contributed by atoms with E-state index in [1.807, 2.05) is 0 Å². The number of hydrogen-bond donors (Lipinski definition) is 1. The van der Waals surface area contributed by atoms with Crippen LogP contribution in [-0.4, -0.2) is 24.8 Å². The van der Waals surface area contributed by atoms with E-state index in [0.29, 0.717) is 24.5 Å². The fourth-order valence-corrected chi connectivity index (χ4v) is 1.41. The average molecular weight is 249 g/mol. The Morgan fingerprint density at radius 1 is 1.39 bits per heavy atom. The second-order valence-electron chi connectivity index (χ2n) is 3.63. The van der Waals surface area contributed by atoms with Gasteiger partial charge in [0.2, 0.25) is 0 Å². The average Bonchev–Trinajstić information content (AvgIpc) is 2.38. The summed E-state index contributed by atoms with van der Waals surface area (Å²) < 4.78 is 10.6. The molecule has 96 valence electrons. The second-order valence-corrected chi connectivity index (χ2v) is 3.63. The van der Waals surface area contributed by atoms with Crippen LogP contribution in [0, 0.1) is 11.3 Å². The summed E-state index contributed by atoms with van der Waals surface area (Å²) in [6.45, 7) is 0.477. The third kappa shape index (κ3) is 3.98. The molecule has 5 nitrogen and oxygen atoms in total. The van der Waals surface area contributed by atoms with Crippen LogP contribution in [0.4, 0.5) is 0 Å². The lowest BCUT2D eigenvalue weighted by molar-refractivity contribution is 0.0696. The van der Waals surface area contributed by atoms with Crippen LogP contribution in [0.15, 0.2) is 18.2 Å². The number of carbonyl (C=O) groups is 1. The molecular weight excluding hydrogens is 234 g/mol. The number of unbranched alkanes of at least 4 members (excludes halogenated alkanes) is 2. The minimum atomic E-state index is -1.01. The van der Waals surface area contributed by atoms with Crippen molar-refractivity contribution in [1.82, 2.24) is 0 Å². The molecule has 18 heavy (non-hydrogen) atoms. The van der Waals surface area contributed by atoms with Crippen LogP contribution in [0.1, 0.15) is 29.6 Å². The van der Waals surface area contributed by atoms with Crippen molar-refractivity contribution in [1.29, 1.82) is 5.26 Å². The van der Waals surface area contributed by atoms with Crippen LogP contribution < -0.4 is 9.47 Å². The molecule has 0 saturated carbocycles. The highest BCUT2D eigenvalue weighted by Gasteiger charge is 2.09. The maximum atomic E-state index is 10.8. The maximum Gasteiger partial charge on any atom is 0.335 e. The molecule has 1 N–H and O–H groups in total. The number of nitrogens with zero attached hydrogens (tertiary/aromatic N) is 1. The van der Waals surface area contributed by atoms with E-state index in [2.05, 4.69) is 6.07 Å². The molecule has 0 radical (unpaired) electrons. The zero-order valence-corrected chi connectivity index (χ0v) is 10.2. The summed E-state index contributed by atoms with van der Waals surface area (Å²) >= 11 is 0. The van der Waals surface area contributed by atoms with Gasteiger partial charge in [-0.15, -0.1) is 0 Å². The minimum absolute atomic E-state index is 0.156. The summed E-state index contributed by atoms with van der Waals surface area (Å²) in [6.07, 6.45) is 2.07. The molecule has 5 heteroatoms. The molecule has 0 fully saturated rings. The SMILES string of the molecule is COc1cc(C(=O)O)ccc1OCCCCC#N. The Morgan fingerprint density at radius 2 is 2.17 bits per heavy atom. The zero-order valence-electron chi connectivity index (χ0n) is 10.2. The Kier molecular flexibility index (Phi) is 5.52. The highest BCUT2D eigenvalue weighted by molar-refractivity contribution is 5.88. The molecule has 1 rings (SSSR count). The highest BCUT2D eigenvalue weighted by Crippen LogP contribution is 2.28. The van der Waals surface area contributed by atoms with Crippen molar-refractivity contribution in [2.75, 3.05) is 13.7 Å². The highest BCUT2D eigenvalue weighted by atomic mass is 16.5. The summed E-state index contributed by atoms with van der Waals surface area (Å²) in [5.74, 6) is -0.0940. The first-order valence-electron chi connectivity index (χ1n) is 5.60. The lowest BCUT2D eigenvalue weighted by Crippen LogP contribution is -2.02. The molecule has 1 aromatic carbocycles. The Morgan fingerprint density at radius 3 is 2.78 bits per heavy atom. The summed E-state index contributed by atoms with van der Waals surface area (Å²) in [5, 5.41) is 17.2. The fraction of sp³-hybridized carbons (Fsp3) is 0.385. The lowest BCUT2D eigenvalue weighted by atomic mass is 10.2. The topological polar surface area (TPSA) is 79.6 Å². The summed E-state index contributed by atoms with van der Waals surface area (Å²) in [6, 6.07) is 6.53. The van der Waals surface area contributed by atoms with E-state index in [-0.39, 0.29) is 5.56 Å². The van der Waals surface area contributed by atoms with Gasteiger partial charge in [-0.1, -0.05) is 0 Å². The molecule has 1 aromatic rings. The van der Waals surface area contributed by atoms with E-state index >= 15 is 0 Å². The van der Waals surface area contributed by atoms with E-state index in [0.717, 1.165) is 12.8 Å². The third-order valence-corrected chi connectivity index (χ3v) is 2.35. The fourth-order valence-electron chi connectivity index (χ4n) is 1.41. The van der Waals surface area contributed by atoms with Crippen molar-refractivity contribution in [3.63, 3.8) is 0 Å². The molecule has 0 saturated heterocycles. The smallest absolute Gasteiger partial charge is 0.335 e. The first-order valence-corrected chi connectivity index (χ1v) is 5.60. The minimum Gasteiger partial charge on any atom is -0.493 e. The number of ether oxygens (including phenoxy) is 2. The van der Waals surface area contributed by atoms with Gasteiger partial charge in [-0.05, 0) is 31.0 Å². The number of methoxy groups -OCH3 is 1. The molecule has 0 unspecified atom stereocenters. The van der Waals surface area contributed by atoms with Gasteiger partial charge < -0.3 is 14.6 Å². The van der Waals surface area contributed by atoms with Crippen molar-refractivity contribution in [3.8, 4) is 17.6 Å². The van der Waals surface area contributed by atoms with Gasteiger partial charge in [0.25, 0.3) is 0 Å². The second kappa shape index (κ2) is 7.17. The monoisotopic (exact) mass is 249 g/mol. The number of aromatic carboxylic acids is 1. The van der Waals surface area contributed by atoms with Crippen molar-refractivity contribution >= 4 is 5.97 Å². The zero-order chi connectivity index (χ0) is 13.4. The van der Waals surface area contributed by atoms with Gasteiger partial charge in [0, 0.05) is 6.42 Å². The molecule has 0 atom stereocenters. The number of benzene rings is 1. The van der Waals surface area contributed by atoms with Crippen molar-refractivity contribution in [2.24, 2.45) is 0 Å². The van der Waals surface area contributed by atoms with Gasteiger partial charge in [-0.3, -0.25) is 0 Å². The Bertz CT molecular complexity index is 451. The van der Waals surface area contributed by atoms with Gasteiger partial charge in [-0.2, -0.15) is 5.26 Å². The predicted octanol–water partition coefficient (Wildman–Crippen LogP) is 2.47.